The summed E-state index contributed by atoms with van der Waals surface area (Å²) in [6.07, 6.45) is 1.68. The van der Waals surface area contributed by atoms with Gasteiger partial charge in [0.15, 0.2) is 5.65 Å². The molecule has 0 N–H and O–H groups in total. The van der Waals surface area contributed by atoms with Gasteiger partial charge in [0, 0.05) is 21.5 Å². The minimum atomic E-state index is -0.0698. The Bertz CT molecular complexity index is 2210. The molecule has 6 nitrogen and oxygen atoms in total. The third-order valence-electron chi connectivity index (χ3n) is 6.83. The van der Waals surface area contributed by atoms with Gasteiger partial charge in [0.05, 0.1) is 15.7 Å². The maximum Gasteiger partial charge on any atom is 0.274 e. The average molecular weight is 487 g/mol. The van der Waals surface area contributed by atoms with Gasteiger partial charge in [-0.3, -0.25) is 18.4 Å². The number of aryl methyl sites for hydroxylation is 2. The maximum atomic E-state index is 13.8. The lowest BCUT2D eigenvalue weighted by atomic mass is 10.0. The number of fused-ring (bicyclic) bond motifs is 8. The Labute approximate surface area is 196 Å². The summed E-state index contributed by atoms with van der Waals surface area (Å²) >= 11 is 4.60. The van der Waals surface area contributed by atoms with Crippen LogP contribution in [0, 0.1) is 0 Å². The summed E-state index contributed by atoms with van der Waals surface area (Å²) in [4.78, 5) is 39.0. The molecular weight excluding hydrogens is 472 g/mol. The van der Waals surface area contributed by atoms with Crippen molar-refractivity contribution in [1.29, 1.82) is 0 Å². The number of hydrogen-bond acceptors (Lipinski definition) is 7. The van der Waals surface area contributed by atoms with Crippen LogP contribution in [0.1, 0.15) is 25.0 Å². The highest BCUT2D eigenvalue weighted by Crippen LogP contribution is 2.43. The molecule has 0 aliphatic carbocycles. The number of pyridine rings is 2. The zero-order valence-corrected chi connectivity index (χ0v) is 20.0. The van der Waals surface area contributed by atoms with E-state index in [9.17, 15) is 9.59 Å². The molecule has 0 saturated heterocycles. The fourth-order valence-electron chi connectivity index (χ4n) is 5.30. The van der Waals surface area contributed by atoms with E-state index in [0.29, 0.717) is 21.4 Å². The van der Waals surface area contributed by atoms with Crippen molar-refractivity contribution in [3.8, 4) is 0 Å². The summed E-state index contributed by atoms with van der Waals surface area (Å²) < 4.78 is 5.11. The molecule has 1 aromatic carbocycles. The molecule has 0 bridgehead atoms. The zero-order chi connectivity index (χ0) is 22.2. The lowest BCUT2D eigenvalue weighted by Gasteiger charge is -2.05. The molecule has 0 saturated carbocycles. The number of imidazole rings is 2. The predicted octanol–water partition coefficient (Wildman–Crippen LogP) is 5.65. The highest BCUT2D eigenvalue weighted by Gasteiger charge is 2.26. The van der Waals surface area contributed by atoms with Crippen LogP contribution in [0.15, 0.2) is 32.5 Å². The lowest BCUT2D eigenvalue weighted by molar-refractivity contribution is 1.12. The van der Waals surface area contributed by atoms with Crippen molar-refractivity contribution in [1.82, 2.24) is 18.8 Å². The lowest BCUT2D eigenvalue weighted by Crippen LogP contribution is -2.14. The molecule has 0 amide bonds. The summed E-state index contributed by atoms with van der Waals surface area (Å²) in [5, 5.41) is 7.42. The van der Waals surface area contributed by atoms with Gasteiger partial charge in [-0.2, -0.15) is 0 Å². The van der Waals surface area contributed by atoms with Crippen molar-refractivity contribution in [2.24, 2.45) is 0 Å². The van der Waals surface area contributed by atoms with Gasteiger partial charge in [0.2, 0.25) is 0 Å². The smallest absolute Gasteiger partial charge is 0.268 e. The fraction of sp³-hybridized carbons (Fsp3) is 0.167. The number of rotatable bonds is 2. The first-order valence-electron chi connectivity index (χ1n) is 10.8. The van der Waals surface area contributed by atoms with Crippen molar-refractivity contribution in [2.75, 3.05) is 0 Å². The molecule has 0 aliphatic rings. The Hall–Kier alpha value is -3.14. The van der Waals surface area contributed by atoms with Crippen molar-refractivity contribution in [3.05, 3.63) is 54.7 Å². The monoisotopic (exact) mass is 486 g/mol. The van der Waals surface area contributed by atoms with E-state index in [1.54, 1.807) is 31.5 Å². The van der Waals surface area contributed by atoms with Gasteiger partial charge >= 0.3 is 0 Å². The van der Waals surface area contributed by atoms with Gasteiger partial charge in [-0.25, -0.2) is 9.97 Å². The Kier molecular flexibility index (Phi) is 3.25. The highest BCUT2D eigenvalue weighted by atomic mass is 32.1. The summed E-state index contributed by atoms with van der Waals surface area (Å²) in [6.45, 7) is 4.19. The summed E-state index contributed by atoms with van der Waals surface area (Å²) in [6, 6.07) is 3.86. The summed E-state index contributed by atoms with van der Waals surface area (Å²) in [7, 11) is 0. The van der Waals surface area contributed by atoms with E-state index in [1.165, 1.54) is 11.3 Å². The second-order valence-corrected chi connectivity index (χ2v) is 11.1. The largest absolute Gasteiger partial charge is 0.274 e. The molecule has 0 radical (unpaired) electrons. The first kappa shape index (κ1) is 18.3. The number of hydrogen-bond donors (Lipinski definition) is 0. The van der Waals surface area contributed by atoms with E-state index in [4.69, 9.17) is 9.97 Å². The normalized spacial score (nSPS) is 13.0. The average Bonchev–Trinajstić information content (AvgIpc) is 3.60. The minimum Gasteiger partial charge on any atom is -0.268 e. The zero-order valence-electron chi connectivity index (χ0n) is 17.6. The van der Waals surface area contributed by atoms with Crippen LogP contribution in [0.25, 0.3) is 62.9 Å². The molecule has 9 heteroatoms. The molecule has 8 aromatic rings. The minimum absolute atomic E-state index is 0.0602. The molecule has 7 heterocycles. The molecule has 160 valence electrons. The third kappa shape index (κ3) is 1.93. The van der Waals surface area contributed by atoms with Crippen LogP contribution in [-0.4, -0.2) is 18.8 Å². The summed E-state index contributed by atoms with van der Waals surface area (Å²) in [5.41, 5.74) is 5.29. The Morgan fingerprint density at radius 3 is 2.00 bits per heavy atom. The Morgan fingerprint density at radius 1 is 0.758 bits per heavy atom. The quantitative estimate of drug-likeness (QED) is 0.296. The molecule has 33 heavy (non-hydrogen) atoms. The van der Waals surface area contributed by atoms with Gasteiger partial charge in [0.1, 0.15) is 20.0 Å². The number of nitrogens with zero attached hydrogens (tertiary/aromatic N) is 4. The van der Waals surface area contributed by atoms with Crippen LogP contribution < -0.4 is 11.1 Å². The van der Waals surface area contributed by atoms with Crippen molar-refractivity contribution >= 4 is 96.9 Å². The number of benzene rings is 1. The first-order chi connectivity index (χ1) is 16.1. The number of thiophene rings is 3. The first-order valence-corrected chi connectivity index (χ1v) is 13.4. The van der Waals surface area contributed by atoms with Gasteiger partial charge in [-0.15, -0.1) is 34.0 Å². The van der Waals surface area contributed by atoms with Gasteiger partial charge < -0.3 is 0 Å². The molecule has 0 unspecified atom stereocenters. The third-order valence-corrected chi connectivity index (χ3v) is 9.82. The summed E-state index contributed by atoms with van der Waals surface area (Å²) in [5.74, 6) is 0. The molecule has 8 rings (SSSR count). The Morgan fingerprint density at radius 2 is 1.33 bits per heavy atom. The van der Waals surface area contributed by atoms with Crippen molar-refractivity contribution in [2.45, 2.75) is 26.7 Å². The molecule has 0 atom stereocenters. The van der Waals surface area contributed by atoms with Crippen LogP contribution in [0.5, 0.6) is 0 Å². The second-order valence-electron chi connectivity index (χ2n) is 8.36. The molecule has 0 aliphatic heterocycles. The molecule has 7 aromatic heterocycles. The van der Waals surface area contributed by atoms with Gasteiger partial charge in [0.25, 0.3) is 11.1 Å². The van der Waals surface area contributed by atoms with Crippen LogP contribution in [0.3, 0.4) is 0 Å². The Balaban J connectivity index is 1.69. The standard InChI is InChI=1S/C24H14N4O2S3/c1-3-9-7-31-21-15(9)27-19(25-21)11-5-6-12-14-13(11)18(24(27)30)33-17(14)20-26-22-16(28(20)23(12)29)10(4-2)8-32-22/h5-8H,3-4H2,1-2H3. The van der Waals surface area contributed by atoms with Crippen LogP contribution in [-0.2, 0) is 12.8 Å². The van der Waals surface area contributed by atoms with Gasteiger partial charge in [-0.1, -0.05) is 13.8 Å². The van der Waals surface area contributed by atoms with E-state index in [0.717, 1.165) is 65.5 Å². The topological polar surface area (TPSA) is 68.7 Å². The maximum absolute atomic E-state index is 13.8. The molecular formula is C24H14N4O2S3. The highest BCUT2D eigenvalue weighted by molar-refractivity contribution is 7.27. The van der Waals surface area contributed by atoms with E-state index in [1.807, 2.05) is 12.1 Å². The second kappa shape index (κ2) is 5.85. The van der Waals surface area contributed by atoms with Crippen LogP contribution >= 0.6 is 34.0 Å². The van der Waals surface area contributed by atoms with Crippen molar-refractivity contribution < 1.29 is 0 Å². The van der Waals surface area contributed by atoms with E-state index < -0.39 is 0 Å². The predicted molar refractivity (Wildman–Crippen MR) is 139 cm³/mol. The SMILES string of the molecule is CCc1csc2nc3c4ccc5c(=O)n6c(nc7scc(CC)c76)c6sc(c(=O)n3c12)c4c56. The van der Waals surface area contributed by atoms with E-state index >= 15 is 0 Å². The van der Waals surface area contributed by atoms with E-state index in [2.05, 4.69) is 24.6 Å². The van der Waals surface area contributed by atoms with Crippen molar-refractivity contribution in [3.63, 3.8) is 0 Å². The molecule has 0 fully saturated rings. The van der Waals surface area contributed by atoms with E-state index in [-0.39, 0.29) is 11.1 Å². The molecule has 0 spiro atoms. The van der Waals surface area contributed by atoms with Crippen LogP contribution in [0.2, 0.25) is 0 Å². The number of aromatic nitrogens is 4. The van der Waals surface area contributed by atoms with Crippen LogP contribution in [0.4, 0.5) is 0 Å². The fourth-order valence-corrected chi connectivity index (χ4v) is 8.55. The van der Waals surface area contributed by atoms with Gasteiger partial charge in [-0.05, 0) is 46.9 Å².